The molecule has 0 saturated heterocycles. The van der Waals surface area contributed by atoms with Crippen LogP contribution in [-0.2, 0) is 41.7 Å². The fraction of sp³-hybridized carbons (Fsp3) is 0.408. The predicted molar refractivity (Wildman–Crippen MR) is 243 cm³/mol. The summed E-state index contributed by atoms with van der Waals surface area (Å²) in [5, 5.41) is 30.2. The Kier molecular flexibility index (Phi) is 9.34. The number of pyridine rings is 2. The zero-order chi connectivity index (χ0) is 44.8. The first-order chi connectivity index (χ1) is 31.3. The summed E-state index contributed by atoms with van der Waals surface area (Å²) in [7, 11) is 0. The lowest BCUT2D eigenvalue weighted by Crippen LogP contribution is -2.62. The van der Waals surface area contributed by atoms with Gasteiger partial charge in [-0.3, -0.25) is 18.7 Å². The van der Waals surface area contributed by atoms with E-state index < -0.39 is 5.60 Å². The molecule has 65 heavy (non-hydrogen) atoms. The average Bonchev–Trinajstić information content (AvgIpc) is 3.22. The van der Waals surface area contributed by atoms with Crippen LogP contribution in [0, 0.1) is 34.5 Å². The third-order valence-corrected chi connectivity index (χ3v) is 14.2. The number of ether oxygens (including phenoxy) is 1. The van der Waals surface area contributed by atoms with Crippen LogP contribution < -0.4 is 27.1 Å². The Bertz CT molecular complexity index is 3180. The van der Waals surface area contributed by atoms with Crippen molar-refractivity contribution < 1.29 is 9.53 Å². The molecule has 2 aromatic carbocycles. The second-order valence-corrected chi connectivity index (χ2v) is 19.8. The summed E-state index contributed by atoms with van der Waals surface area (Å²) in [6.07, 6.45) is 10.7. The molecule has 2 aliphatic heterocycles. The van der Waals surface area contributed by atoms with Gasteiger partial charge in [-0.05, 0) is 149 Å². The number of amides is 1. The van der Waals surface area contributed by atoms with E-state index in [1.807, 2.05) is 51.1 Å². The van der Waals surface area contributed by atoms with E-state index >= 15 is 0 Å². The van der Waals surface area contributed by atoms with E-state index in [1.165, 1.54) is 11.1 Å². The minimum atomic E-state index is -0.523. The van der Waals surface area contributed by atoms with Gasteiger partial charge in [0.05, 0.1) is 11.1 Å². The van der Waals surface area contributed by atoms with Crippen molar-refractivity contribution in [2.45, 2.75) is 102 Å². The van der Waals surface area contributed by atoms with Crippen LogP contribution in [0.3, 0.4) is 0 Å². The molecule has 4 aromatic heterocycles. The minimum absolute atomic E-state index is 0.131. The average molecular weight is 869 g/mol. The van der Waals surface area contributed by atoms with Crippen LogP contribution in [0.1, 0.15) is 92.7 Å². The predicted octanol–water partition coefficient (Wildman–Crippen LogP) is 6.77. The number of nitriles is 2. The van der Waals surface area contributed by atoms with Crippen molar-refractivity contribution in [1.29, 1.82) is 10.5 Å². The molecule has 6 heterocycles. The minimum Gasteiger partial charge on any atom is -0.444 e. The third kappa shape index (κ3) is 7.04. The Morgan fingerprint density at radius 3 is 1.72 bits per heavy atom. The highest BCUT2D eigenvalue weighted by Crippen LogP contribution is 2.63. The van der Waals surface area contributed by atoms with E-state index in [0.717, 1.165) is 92.3 Å². The summed E-state index contributed by atoms with van der Waals surface area (Å²) in [4.78, 5) is 58.6. The van der Waals surface area contributed by atoms with E-state index in [1.54, 1.807) is 38.6 Å². The van der Waals surface area contributed by atoms with Crippen LogP contribution in [-0.4, -0.2) is 58.8 Å². The highest BCUT2D eigenvalue weighted by Gasteiger charge is 2.60. The lowest BCUT2D eigenvalue weighted by Gasteiger charge is -2.62. The van der Waals surface area contributed by atoms with Gasteiger partial charge in [0.2, 0.25) is 11.9 Å². The van der Waals surface area contributed by atoms with Gasteiger partial charge in [-0.2, -0.15) is 20.5 Å². The second kappa shape index (κ2) is 15.0. The van der Waals surface area contributed by atoms with Gasteiger partial charge < -0.3 is 25.6 Å². The molecule has 0 spiro atoms. The molecule has 6 aromatic rings. The summed E-state index contributed by atoms with van der Waals surface area (Å²) >= 11 is 0. The van der Waals surface area contributed by atoms with Crippen molar-refractivity contribution in [2.75, 3.05) is 23.7 Å². The number of fused-ring (bicyclic) bond motifs is 4. The lowest BCUT2D eigenvalue weighted by molar-refractivity contribution is -0.0885. The Morgan fingerprint density at radius 2 is 1.25 bits per heavy atom. The first kappa shape index (κ1) is 40.6. The monoisotopic (exact) mass is 868 g/mol. The zero-order valence-electron chi connectivity index (χ0n) is 36.6. The summed E-state index contributed by atoms with van der Waals surface area (Å²) < 4.78 is 9.03. The molecule has 3 N–H and O–H groups in total. The molecule has 14 rings (SSSR count). The molecular formula is C49H48N12O4. The smallest absolute Gasteiger partial charge is 0.410 e. The molecule has 6 aliphatic carbocycles. The van der Waals surface area contributed by atoms with E-state index in [0.29, 0.717) is 53.5 Å². The summed E-state index contributed by atoms with van der Waals surface area (Å²) in [5.74, 6) is 2.26. The highest BCUT2D eigenvalue weighted by atomic mass is 16.6. The van der Waals surface area contributed by atoms with Gasteiger partial charge >= 0.3 is 6.09 Å². The van der Waals surface area contributed by atoms with Crippen molar-refractivity contribution in [3.8, 4) is 12.1 Å². The van der Waals surface area contributed by atoms with Gasteiger partial charge in [0.1, 0.15) is 40.2 Å². The molecule has 0 radical (unpaired) electrons. The number of hydrogen-bond donors (Lipinski definition) is 3. The van der Waals surface area contributed by atoms with Crippen molar-refractivity contribution in [3.63, 3.8) is 0 Å². The maximum absolute atomic E-state index is 13.1. The number of anilines is 4. The first-order valence-corrected chi connectivity index (χ1v) is 22.4. The Labute approximate surface area is 374 Å². The zero-order valence-corrected chi connectivity index (χ0v) is 36.6. The lowest BCUT2D eigenvalue weighted by atomic mass is 9.49. The van der Waals surface area contributed by atoms with Gasteiger partial charge in [-0.1, -0.05) is 12.1 Å². The van der Waals surface area contributed by atoms with Crippen molar-refractivity contribution >= 4 is 51.4 Å². The van der Waals surface area contributed by atoms with E-state index in [4.69, 9.17) is 14.7 Å². The van der Waals surface area contributed by atoms with Crippen LogP contribution in [0.15, 0.2) is 70.5 Å². The van der Waals surface area contributed by atoms with E-state index in [2.05, 4.69) is 44.1 Å². The second-order valence-electron chi connectivity index (χ2n) is 19.8. The van der Waals surface area contributed by atoms with Gasteiger partial charge in [0, 0.05) is 54.2 Å². The summed E-state index contributed by atoms with van der Waals surface area (Å²) in [6.45, 7) is 8.59. The number of rotatable bonds is 6. The van der Waals surface area contributed by atoms with Crippen molar-refractivity contribution in [3.05, 3.63) is 115 Å². The first-order valence-electron chi connectivity index (χ1n) is 22.4. The maximum Gasteiger partial charge on any atom is 0.410 e. The summed E-state index contributed by atoms with van der Waals surface area (Å²) in [5.41, 5.74) is 6.77. The number of aromatic nitrogens is 6. The van der Waals surface area contributed by atoms with Gasteiger partial charge in [0.25, 0.3) is 11.1 Å². The van der Waals surface area contributed by atoms with Gasteiger partial charge in [0.15, 0.2) is 0 Å². The number of benzene rings is 2. The molecule has 6 fully saturated rings. The maximum atomic E-state index is 13.1. The molecule has 0 unspecified atom stereocenters. The standard InChI is InChI=1S/C27H28N6O3.C22H20N6O/c1-26(2,3)36-25(35)32-7-6-17-9-21(5-4-18(17)15-32)30-24-29-14-20-8-19(13-28)23(34)33(22(20)31-24)27-10-16(11-27)12-27;23-10-16-5-17-12-25-21(26-18-2-1-15-11-24-4-3-14(15)6-18)27-19(17)28(20(16)29)22-7-13(8-22)9-22/h4-5,8-9,14,16H,6-7,10-12,15H2,1-3H3,(H,29,30,31);1-2,5-6,12-13,24H,3-4,7-9,11H2,(H,25,26,27). The highest BCUT2D eigenvalue weighted by molar-refractivity contribution is 5.79. The largest absolute Gasteiger partial charge is 0.444 e. The van der Waals surface area contributed by atoms with E-state index in [9.17, 15) is 24.9 Å². The quantitative estimate of drug-likeness (QED) is 0.158. The van der Waals surface area contributed by atoms with Crippen LogP contribution in [0.5, 0.6) is 0 Å². The topological polar surface area (TPSA) is 209 Å². The van der Waals surface area contributed by atoms with Crippen LogP contribution in [0.25, 0.3) is 22.1 Å². The number of hydrogen-bond acceptors (Lipinski definition) is 13. The van der Waals surface area contributed by atoms with Crippen LogP contribution in [0.2, 0.25) is 0 Å². The van der Waals surface area contributed by atoms with Crippen LogP contribution in [0.4, 0.5) is 28.1 Å². The molecule has 1 amide bonds. The molecular weight excluding hydrogens is 821 g/mol. The number of nitrogens with zero attached hydrogens (tertiary/aromatic N) is 9. The van der Waals surface area contributed by atoms with Gasteiger partial charge in [-0.15, -0.1) is 0 Å². The molecule has 16 heteroatoms. The fourth-order valence-electron chi connectivity index (χ4n) is 10.7. The Morgan fingerprint density at radius 1 is 0.738 bits per heavy atom. The Balaban J connectivity index is 0.000000147. The SMILES string of the molecule is CC(C)(C)OC(=O)N1CCc2cc(Nc3ncc4cc(C#N)c(=O)n(C56CC(C5)C6)c4n3)ccc2C1.N#Cc1cc2cnc(Nc3ccc4c(c3)CCNC4)nc2n(C23CC(C2)C3)c1=O. The number of carbonyl (C=O) groups excluding carboxylic acids is 1. The van der Waals surface area contributed by atoms with Gasteiger partial charge in [-0.25, -0.2) is 14.8 Å². The van der Waals surface area contributed by atoms with Crippen molar-refractivity contribution in [2.24, 2.45) is 11.8 Å². The number of nitrogens with one attached hydrogen (secondary N) is 3. The van der Waals surface area contributed by atoms with Crippen molar-refractivity contribution in [1.82, 2.24) is 39.3 Å². The molecule has 16 nitrogen and oxygen atoms in total. The third-order valence-electron chi connectivity index (χ3n) is 14.2. The normalized spacial score (nSPS) is 23.1. The number of carbonyl (C=O) groups is 1. The molecule has 328 valence electrons. The molecule has 6 saturated carbocycles. The summed E-state index contributed by atoms with van der Waals surface area (Å²) in [6, 6.07) is 19.6. The van der Waals surface area contributed by atoms with Crippen LogP contribution >= 0.6 is 0 Å². The molecule has 8 aliphatic rings. The molecule has 4 bridgehead atoms. The Hall–Kier alpha value is -7.17. The molecule has 0 atom stereocenters. The van der Waals surface area contributed by atoms with E-state index in [-0.39, 0.29) is 39.4 Å². The fourth-order valence-corrected chi connectivity index (χ4v) is 10.7.